The van der Waals surface area contributed by atoms with Gasteiger partial charge < -0.3 is 14.5 Å². The maximum Gasteiger partial charge on any atom is 0.254 e. The number of carbonyl (C=O) groups excluding carboxylic acids is 2. The Morgan fingerprint density at radius 1 is 1.08 bits per heavy atom. The zero-order chi connectivity index (χ0) is 17.5. The van der Waals surface area contributed by atoms with Crippen LogP contribution in [-0.4, -0.2) is 54.9 Å². The summed E-state index contributed by atoms with van der Waals surface area (Å²) >= 11 is 0. The van der Waals surface area contributed by atoms with Crippen LogP contribution >= 0.6 is 0 Å². The van der Waals surface area contributed by atoms with Gasteiger partial charge in [0.1, 0.15) is 5.75 Å². The van der Waals surface area contributed by atoms with E-state index in [-0.39, 0.29) is 17.7 Å². The van der Waals surface area contributed by atoms with Crippen molar-refractivity contribution in [2.75, 3.05) is 33.3 Å². The number of hydrogen-bond acceptors (Lipinski definition) is 3. The molecule has 0 atom stereocenters. The predicted octanol–water partition coefficient (Wildman–Crippen LogP) is 2.81. The van der Waals surface area contributed by atoms with Crippen molar-refractivity contribution in [3.63, 3.8) is 0 Å². The van der Waals surface area contributed by atoms with Crippen LogP contribution in [0.15, 0.2) is 24.3 Å². The number of hydrogen-bond donors (Lipinski definition) is 0. The molecule has 1 aromatic carbocycles. The Labute approximate surface area is 144 Å². The minimum Gasteiger partial charge on any atom is -0.497 e. The van der Waals surface area contributed by atoms with E-state index in [1.807, 2.05) is 28.0 Å². The average molecular weight is 332 g/mol. The summed E-state index contributed by atoms with van der Waals surface area (Å²) in [7, 11) is 1.59. The Kier molecular flexibility index (Phi) is 6.64. The molecule has 0 bridgehead atoms. The number of methoxy groups -OCH3 is 1. The van der Waals surface area contributed by atoms with Crippen LogP contribution in [0.1, 0.15) is 43.5 Å². The second kappa shape index (κ2) is 8.71. The van der Waals surface area contributed by atoms with E-state index in [4.69, 9.17) is 4.74 Å². The van der Waals surface area contributed by atoms with E-state index in [0.717, 1.165) is 25.8 Å². The summed E-state index contributed by atoms with van der Waals surface area (Å²) in [5.41, 5.74) is 0.633. The molecule has 1 aliphatic rings. The van der Waals surface area contributed by atoms with Gasteiger partial charge in [-0.05, 0) is 37.5 Å². The topological polar surface area (TPSA) is 49.9 Å². The van der Waals surface area contributed by atoms with Gasteiger partial charge in [-0.15, -0.1) is 0 Å². The van der Waals surface area contributed by atoms with Crippen LogP contribution < -0.4 is 4.74 Å². The molecule has 0 unspecified atom stereocenters. The van der Waals surface area contributed by atoms with Crippen LogP contribution in [0.25, 0.3) is 0 Å². The minimum atomic E-state index is 0.00531. The van der Waals surface area contributed by atoms with Crippen molar-refractivity contribution < 1.29 is 14.3 Å². The molecule has 5 heteroatoms. The molecule has 0 aromatic heterocycles. The normalized spacial score (nSPS) is 15.3. The first-order chi connectivity index (χ1) is 11.6. The van der Waals surface area contributed by atoms with Gasteiger partial charge in [0.2, 0.25) is 5.91 Å². The van der Waals surface area contributed by atoms with E-state index in [1.54, 1.807) is 13.2 Å². The average Bonchev–Trinajstić information content (AvgIpc) is 2.88. The lowest BCUT2D eigenvalue weighted by molar-refractivity contribution is -0.135. The third-order valence-electron chi connectivity index (χ3n) is 4.75. The van der Waals surface area contributed by atoms with Crippen molar-refractivity contribution in [2.24, 2.45) is 5.92 Å². The van der Waals surface area contributed by atoms with Gasteiger partial charge in [0.25, 0.3) is 5.91 Å². The lowest BCUT2D eigenvalue weighted by atomic mass is 10.0. The van der Waals surface area contributed by atoms with Crippen molar-refractivity contribution >= 4 is 11.8 Å². The Morgan fingerprint density at radius 2 is 1.75 bits per heavy atom. The summed E-state index contributed by atoms with van der Waals surface area (Å²) < 4.78 is 5.19. The van der Waals surface area contributed by atoms with Gasteiger partial charge in [0.05, 0.1) is 7.11 Å². The number of benzene rings is 1. The van der Waals surface area contributed by atoms with E-state index in [0.29, 0.717) is 30.9 Å². The molecule has 132 valence electrons. The fraction of sp³-hybridized carbons (Fsp3) is 0.579. The van der Waals surface area contributed by atoms with Crippen LogP contribution in [0.5, 0.6) is 5.75 Å². The van der Waals surface area contributed by atoms with Gasteiger partial charge in [-0.1, -0.05) is 19.9 Å². The van der Waals surface area contributed by atoms with Crippen LogP contribution in [0.4, 0.5) is 0 Å². The highest BCUT2D eigenvalue weighted by atomic mass is 16.5. The molecule has 0 spiro atoms. The summed E-state index contributed by atoms with van der Waals surface area (Å²) in [6.45, 7) is 6.73. The molecule has 24 heavy (non-hydrogen) atoms. The van der Waals surface area contributed by atoms with Crippen molar-refractivity contribution in [2.45, 2.75) is 33.1 Å². The summed E-state index contributed by atoms with van der Waals surface area (Å²) in [4.78, 5) is 29.0. The van der Waals surface area contributed by atoms with Gasteiger partial charge in [0.15, 0.2) is 0 Å². The smallest absolute Gasteiger partial charge is 0.254 e. The first kappa shape index (κ1) is 18.3. The highest BCUT2D eigenvalue weighted by Crippen LogP contribution is 2.17. The van der Waals surface area contributed by atoms with E-state index >= 15 is 0 Å². The third-order valence-corrected chi connectivity index (χ3v) is 4.75. The van der Waals surface area contributed by atoms with E-state index in [9.17, 15) is 9.59 Å². The number of amides is 2. The molecule has 1 aliphatic heterocycles. The predicted molar refractivity (Wildman–Crippen MR) is 94.2 cm³/mol. The van der Waals surface area contributed by atoms with Gasteiger partial charge >= 0.3 is 0 Å². The Bertz CT molecular complexity index is 569. The molecule has 0 saturated carbocycles. The Balaban J connectivity index is 2.02. The van der Waals surface area contributed by atoms with Gasteiger partial charge in [-0.2, -0.15) is 0 Å². The first-order valence-corrected chi connectivity index (χ1v) is 8.82. The molecule has 1 heterocycles. The Hall–Kier alpha value is -2.04. The minimum absolute atomic E-state index is 0.00531. The fourth-order valence-electron chi connectivity index (χ4n) is 3.18. The van der Waals surface area contributed by atoms with Crippen LogP contribution in [0, 0.1) is 5.92 Å². The second-order valence-electron chi connectivity index (χ2n) is 6.22. The molecule has 1 fully saturated rings. The van der Waals surface area contributed by atoms with E-state index < -0.39 is 0 Å². The monoisotopic (exact) mass is 332 g/mol. The molecular weight excluding hydrogens is 304 g/mol. The maximum absolute atomic E-state index is 12.7. The Morgan fingerprint density at radius 3 is 2.42 bits per heavy atom. The zero-order valence-corrected chi connectivity index (χ0v) is 15.0. The molecular formula is C19H28N2O3. The zero-order valence-electron chi connectivity index (χ0n) is 15.0. The largest absolute Gasteiger partial charge is 0.497 e. The number of nitrogens with zero attached hydrogens (tertiary/aromatic N) is 2. The second-order valence-corrected chi connectivity index (χ2v) is 6.22. The molecule has 0 aliphatic carbocycles. The summed E-state index contributed by atoms with van der Waals surface area (Å²) in [6.07, 6.45) is 2.57. The highest BCUT2D eigenvalue weighted by Gasteiger charge is 2.26. The van der Waals surface area contributed by atoms with Crippen LogP contribution in [0.2, 0.25) is 0 Å². The van der Waals surface area contributed by atoms with Gasteiger partial charge in [-0.3, -0.25) is 9.59 Å². The standard InChI is InChI=1S/C19H28N2O3/c1-4-15(5-2)18(22)20-10-7-11-21(13-12-20)19(23)16-8-6-9-17(14-16)24-3/h6,8-9,14-15H,4-5,7,10-13H2,1-3H3. The van der Waals surface area contributed by atoms with Crippen molar-refractivity contribution in [1.82, 2.24) is 9.80 Å². The number of rotatable bonds is 5. The SMILES string of the molecule is CCC(CC)C(=O)N1CCCN(C(=O)c2cccc(OC)c2)CC1. The number of ether oxygens (including phenoxy) is 1. The maximum atomic E-state index is 12.7. The molecule has 2 amide bonds. The van der Waals surface area contributed by atoms with E-state index in [2.05, 4.69) is 13.8 Å². The lowest BCUT2D eigenvalue weighted by Gasteiger charge is -2.25. The summed E-state index contributed by atoms with van der Waals surface area (Å²) in [5.74, 6) is 1.02. The van der Waals surface area contributed by atoms with Gasteiger partial charge in [0, 0.05) is 37.7 Å². The van der Waals surface area contributed by atoms with Gasteiger partial charge in [-0.25, -0.2) is 0 Å². The number of carbonyl (C=O) groups is 2. The highest BCUT2D eigenvalue weighted by molar-refractivity contribution is 5.94. The van der Waals surface area contributed by atoms with Crippen molar-refractivity contribution in [3.8, 4) is 5.75 Å². The molecule has 2 rings (SSSR count). The van der Waals surface area contributed by atoms with E-state index in [1.165, 1.54) is 0 Å². The quantitative estimate of drug-likeness (QED) is 0.833. The molecule has 5 nitrogen and oxygen atoms in total. The van der Waals surface area contributed by atoms with Crippen LogP contribution in [0.3, 0.4) is 0 Å². The molecule has 0 N–H and O–H groups in total. The summed E-state index contributed by atoms with van der Waals surface area (Å²) in [6, 6.07) is 7.23. The van der Waals surface area contributed by atoms with Crippen molar-refractivity contribution in [3.05, 3.63) is 29.8 Å². The lowest BCUT2D eigenvalue weighted by Crippen LogP contribution is -2.39. The molecule has 1 saturated heterocycles. The first-order valence-electron chi connectivity index (χ1n) is 8.82. The third kappa shape index (κ3) is 4.28. The fourth-order valence-corrected chi connectivity index (χ4v) is 3.18. The molecule has 1 aromatic rings. The van der Waals surface area contributed by atoms with Crippen molar-refractivity contribution in [1.29, 1.82) is 0 Å². The van der Waals surface area contributed by atoms with Crippen LogP contribution in [-0.2, 0) is 4.79 Å². The molecule has 0 radical (unpaired) electrons. The summed E-state index contributed by atoms with van der Waals surface area (Å²) in [5, 5.41) is 0.